The molecule has 0 aliphatic heterocycles. The Hall–Kier alpha value is -1.97. The Bertz CT molecular complexity index is 520. The summed E-state index contributed by atoms with van der Waals surface area (Å²) in [6, 6.07) is 5.82. The third-order valence-electron chi connectivity index (χ3n) is 2.77. The fourth-order valence-electron chi connectivity index (χ4n) is 1.84. The molecular formula is C14H19N3O. The van der Waals surface area contributed by atoms with Crippen LogP contribution in [-0.4, -0.2) is 16.2 Å². The Labute approximate surface area is 107 Å². The highest BCUT2D eigenvalue weighted by atomic mass is 16.5. The van der Waals surface area contributed by atoms with Gasteiger partial charge in [-0.3, -0.25) is 0 Å². The summed E-state index contributed by atoms with van der Waals surface area (Å²) < 4.78 is 7.69. The maximum Gasteiger partial charge on any atom is 0.144 e. The summed E-state index contributed by atoms with van der Waals surface area (Å²) in [5.41, 5.74) is 7.61. The van der Waals surface area contributed by atoms with E-state index < -0.39 is 0 Å². The van der Waals surface area contributed by atoms with E-state index in [1.54, 1.807) is 0 Å². The largest absolute Gasteiger partial charge is 0.491 e. The van der Waals surface area contributed by atoms with Crippen molar-refractivity contribution in [2.24, 2.45) is 0 Å². The average Bonchev–Trinajstić information content (AvgIpc) is 2.86. The number of nitrogens with zero attached hydrogens (tertiary/aromatic N) is 2. The molecule has 1 aromatic heterocycles. The third kappa shape index (κ3) is 2.47. The fraction of sp³-hybridized carbons (Fsp3) is 0.357. The molecule has 0 unspecified atom stereocenters. The number of imidazole rings is 1. The zero-order valence-electron chi connectivity index (χ0n) is 10.9. The molecule has 18 heavy (non-hydrogen) atoms. The first-order valence-corrected chi connectivity index (χ1v) is 6.31. The third-order valence-corrected chi connectivity index (χ3v) is 2.77. The van der Waals surface area contributed by atoms with E-state index in [0.717, 1.165) is 30.1 Å². The van der Waals surface area contributed by atoms with Crippen molar-refractivity contribution in [2.45, 2.75) is 26.7 Å². The predicted molar refractivity (Wildman–Crippen MR) is 73.1 cm³/mol. The van der Waals surface area contributed by atoms with Crippen LogP contribution >= 0.6 is 0 Å². The van der Waals surface area contributed by atoms with Gasteiger partial charge in [0.15, 0.2) is 0 Å². The summed E-state index contributed by atoms with van der Waals surface area (Å²) in [5.74, 6) is 1.77. The molecule has 0 amide bonds. The Morgan fingerprint density at radius 1 is 1.33 bits per heavy atom. The Kier molecular flexibility index (Phi) is 3.87. The van der Waals surface area contributed by atoms with E-state index >= 15 is 0 Å². The van der Waals surface area contributed by atoms with Crippen molar-refractivity contribution in [2.75, 3.05) is 12.3 Å². The van der Waals surface area contributed by atoms with E-state index in [2.05, 4.69) is 23.4 Å². The summed E-state index contributed by atoms with van der Waals surface area (Å²) in [7, 11) is 0. The van der Waals surface area contributed by atoms with Crippen molar-refractivity contribution in [3.8, 4) is 11.4 Å². The number of nitrogens with two attached hydrogens (primary N) is 1. The van der Waals surface area contributed by atoms with E-state index in [-0.39, 0.29) is 0 Å². The summed E-state index contributed by atoms with van der Waals surface area (Å²) in [6.45, 7) is 4.84. The van der Waals surface area contributed by atoms with Crippen LogP contribution in [0.2, 0.25) is 0 Å². The normalized spacial score (nSPS) is 10.6. The van der Waals surface area contributed by atoms with Crippen molar-refractivity contribution >= 4 is 5.69 Å². The highest BCUT2D eigenvalue weighted by Gasteiger charge is 2.06. The first-order valence-electron chi connectivity index (χ1n) is 6.31. The molecule has 1 heterocycles. The second-order valence-electron chi connectivity index (χ2n) is 4.14. The standard InChI is InChI=1S/C14H19N3O/c1-3-9-18-13-10-11(5-6-12(13)15)17-8-7-16-14(17)4-2/h5-8,10H,3-4,9,15H2,1-2H3. The van der Waals surface area contributed by atoms with Crippen LogP contribution in [0.1, 0.15) is 26.1 Å². The Morgan fingerprint density at radius 3 is 2.89 bits per heavy atom. The molecule has 0 aliphatic rings. The molecule has 2 rings (SSSR count). The van der Waals surface area contributed by atoms with E-state index in [9.17, 15) is 0 Å². The molecule has 0 radical (unpaired) electrons. The number of rotatable bonds is 5. The van der Waals surface area contributed by atoms with Crippen LogP contribution in [0, 0.1) is 0 Å². The second-order valence-corrected chi connectivity index (χ2v) is 4.14. The lowest BCUT2D eigenvalue weighted by molar-refractivity contribution is 0.319. The quantitative estimate of drug-likeness (QED) is 0.824. The monoisotopic (exact) mass is 245 g/mol. The molecule has 0 spiro atoms. The topological polar surface area (TPSA) is 53.1 Å². The van der Waals surface area contributed by atoms with Crippen molar-refractivity contribution < 1.29 is 4.74 Å². The molecule has 0 saturated carbocycles. The van der Waals surface area contributed by atoms with Gasteiger partial charge in [0.1, 0.15) is 11.6 Å². The number of anilines is 1. The van der Waals surface area contributed by atoms with Gasteiger partial charge in [-0.05, 0) is 18.6 Å². The van der Waals surface area contributed by atoms with Crippen molar-refractivity contribution in [1.29, 1.82) is 0 Å². The molecule has 2 N–H and O–H groups in total. The molecule has 4 heteroatoms. The molecule has 0 fully saturated rings. The summed E-state index contributed by atoms with van der Waals surface area (Å²) >= 11 is 0. The molecule has 0 saturated heterocycles. The molecule has 2 aromatic rings. The highest BCUT2D eigenvalue weighted by Crippen LogP contribution is 2.25. The lowest BCUT2D eigenvalue weighted by Crippen LogP contribution is -2.03. The Balaban J connectivity index is 2.34. The minimum absolute atomic E-state index is 0.672. The van der Waals surface area contributed by atoms with Gasteiger partial charge in [-0.1, -0.05) is 13.8 Å². The molecular weight excluding hydrogens is 226 g/mol. The van der Waals surface area contributed by atoms with Crippen LogP contribution in [0.4, 0.5) is 5.69 Å². The van der Waals surface area contributed by atoms with Crippen molar-refractivity contribution in [3.63, 3.8) is 0 Å². The molecule has 1 aromatic carbocycles. The minimum Gasteiger partial charge on any atom is -0.491 e. The first-order chi connectivity index (χ1) is 8.76. The van der Waals surface area contributed by atoms with E-state index in [1.807, 2.05) is 30.6 Å². The van der Waals surface area contributed by atoms with Gasteiger partial charge in [-0.25, -0.2) is 4.98 Å². The number of benzene rings is 1. The maximum atomic E-state index is 5.90. The summed E-state index contributed by atoms with van der Waals surface area (Å²) in [4.78, 5) is 4.32. The van der Waals surface area contributed by atoms with Gasteiger partial charge in [0.05, 0.1) is 18.0 Å². The van der Waals surface area contributed by atoms with E-state index in [4.69, 9.17) is 10.5 Å². The predicted octanol–water partition coefficient (Wildman–Crippen LogP) is 2.81. The molecule has 0 aliphatic carbocycles. The number of ether oxygens (including phenoxy) is 1. The average molecular weight is 245 g/mol. The molecule has 96 valence electrons. The SMILES string of the molecule is CCCOc1cc(-n2ccnc2CC)ccc1N. The van der Waals surface area contributed by atoms with Gasteiger partial charge >= 0.3 is 0 Å². The van der Waals surface area contributed by atoms with Gasteiger partial charge in [-0.2, -0.15) is 0 Å². The maximum absolute atomic E-state index is 5.90. The number of nitrogen functional groups attached to an aromatic ring is 1. The van der Waals surface area contributed by atoms with Crippen LogP contribution in [-0.2, 0) is 6.42 Å². The van der Waals surface area contributed by atoms with Crippen LogP contribution in [0.25, 0.3) is 5.69 Å². The first kappa shape index (κ1) is 12.5. The van der Waals surface area contributed by atoms with Gasteiger partial charge in [-0.15, -0.1) is 0 Å². The molecule has 4 nitrogen and oxygen atoms in total. The Morgan fingerprint density at radius 2 is 2.17 bits per heavy atom. The lowest BCUT2D eigenvalue weighted by atomic mass is 10.2. The van der Waals surface area contributed by atoms with Gasteiger partial charge < -0.3 is 15.0 Å². The lowest BCUT2D eigenvalue weighted by Gasteiger charge is -2.12. The highest BCUT2D eigenvalue weighted by molar-refractivity contribution is 5.57. The van der Waals surface area contributed by atoms with Crippen LogP contribution < -0.4 is 10.5 Å². The fourth-order valence-corrected chi connectivity index (χ4v) is 1.84. The zero-order chi connectivity index (χ0) is 13.0. The van der Waals surface area contributed by atoms with E-state index in [1.165, 1.54) is 0 Å². The number of hydrogen-bond donors (Lipinski definition) is 1. The zero-order valence-corrected chi connectivity index (χ0v) is 10.9. The second kappa shape index (κ2) is 5.58. The van der Waals surface area contributed by atoms with Gasteiger partial charge in [0.2, 0.25) is 0 Å². The van der Waals surface area contributed by atoms with Crippen molar-refractivity contribution in [1.82, 2.24) is 9.55 Å². The van der Waals surface area contributed by atoms with Crippen LogP contribution in [0.15, 0.2) is 30.6 Å². The number of aryl methyl sites for hydroxylation is 1. The van der Waals surface area contributed by atoms with Gasteiger partial charge in [0, 0.05) is 24.9 Å². The number of aromatic nitrogens is 2. The van der Waals surface area contributed by atoms with Gasteiger partial charge in [0.25, 0.3) is 0 Å². The van der Waals surface area contributed by atoms with Crippen LogP contribution in [0.5, 0.6) is 5.75 Å². The van der Waals surface area contributed by atoms with E-state index in [0.29, 0.717) is 12.3 Å². The number of hydrogen-bond acceptors (Lipinski definition) is 3. The van der Waals surface area contributed by atoms with Crippen molar-refractivity contribution in [3.05, 3.63) is 36.4 Å². The summed E-state index contributed by atoms with van der Waals surface area (Å²) in [6.07, 6.45) is 5.62. The summed E-state index contributed by atoms with van der Waals surface area (Å²) in [5, 5.41) is 0. The molecule has 0 atom stereocenters. The smallest absolute Gasteiger partial charge is 0.144 e. The molecule has 0 bridgehead atoms. The van der Waals surface area contributed by atoms with Crippen LogP contribution in [0.3, 0.4) is 0 Å². The minimum atomic E-state index is 0.672.